The van der Waals surface area contributed by atoms with Crippen molar-refractivity contribution in [3.05, 3.63) is 29.3 Å². The Morgan fingerprint density at radius 1 is 1.25 bits per heavy atom. The molecule has 1 aromatic carbocycles. The molecule has 136 valence electrons. The second kappa shape index (κ2) is 10.1. The quantitative estimate of drug-likeness (QED) is 0.851. The number of aryl methyl sites for hydroxylation is 1. The van der Waals surface area contributed by atoms with E-state index in [9.17, 15) is 4.79 Å². The molecule has 0 bridgehead atoms. The Morgan fingerprint density at radius 2 is 2.00 bits per heavy atom. The van der Waals surface area contributed by atoms with Gasteiger partial charge in [-0.1, -0.05) is 11.6 Å². The second-order valence-corrected chi connectivity index (χ2v) is 6.64. The number of nitrogens with zero attached hydrogens (tertiary/aromatic N) is 1. The highest BCUT2D eigenvalue weighted by Gasteiger charge is 2.20. The lowest BCUT2D eigenvalue weighted by atomic mass is 9.99. The van der Waals surface area contributed by atoms with Crippen LogP contribution in [0.4, 0.5) is 5.69 Å². The SMILES string of the molecule is Cc1ccc(N2CCCC2)c(C(=O)NCC2CCCNC2)c1.Cl.Cl. The van der Waals surface area contributed by atoms with E-state index < -0.39 is 0 Å². The minimum absolute atomic E-state index is 0. The first kappa shape index (κ1) is 21.1. The Morgan fingerprint density at radius 3 is 2.67 bits per heavy atom. The number of carbonyl (C=O) groups is 1. The Labute approximate surface area is 157 Å². The maximum absolute atomic E-state index is 12.7. The molecule has 1 unspecified atom stereocenters. The molecule has 0 aliphatic carbocycles. The average molecular weight is 374 g/mol. The van der Waals surface area contributed by atoms with Crippen molar-refractivity contribution in [1.29, 1.82) is 0 Å². The number of halogens is 2. The largest absolute Gasteiger partial charge is 0.371 e. The van der Waals surface area contributed by atoms with E-state index in [1.54, 1.807) is 0 Å². The Bertz CT molecular complexity index is 527. The van der Waals surface area contributed by atoms with Gasteiger partial charge in [0.15, 0.2) is 0 Å². The summed E-state index contributed by atoms with van der Waals surface area (Å²) in [7, 11) is 0. The number of rotatable bonds is 4. The van der Waals surface area contributed by atoms with Crippen LogP contribution in [0.25, 0.3) is 0 Å². The van der Waals surface area contributed by atoms with Crippen LogP contribution in [0.1, 0.15) is 41.6 Å². The number of nitrogens with one attached hydrogen (secondary N) is 2. The van der Waals surface area contributed by atoms with Crippen molar-refractivity contribution in [1.82, 2.24) is 10.6 Å². The summed E-state index contributed by atoms with van der Waals surface area (Å²) in [5.74, 6) is 0.647. The summed E-state index contributed by atoms with van der Waals surface area (Å²) in [6.07, 6.45) is 4.87. The molecule has 1 amide bonds. The molecule has 3 rings (SSSR count). The molecular weight excluding hydrogens is 345 g/mol. The zero-order valence-electron chi connectivity index (χ0n) is 14.3. The summed E-state index contributed by atoms with van der Waals surface area (Å²) in [4.78, 5) is 15.0. The molecule has 2 aliphatic heterocycles. The number of anilines is 1. The molecule has 0 spiro atoms. The van der Waals surface area contributed by atoms with Crippen molar-refractivity contribution < 1.29 is 4.79 Å². The topological polar surface area (TPSA) is 44.4 Å². The van der Waals surface area contributed by atoms with Crippen LogP contribution < -0.4 is 15.5 Å². The van der Waals surface area contributed by atoms with E-state index in [0.29, 0.717) is 5.92 Å². The molecule has 2 fully saturated rings. The monoisotopic (exact) mass is 373 g/mol. The van der Waals surface area contributed by atoms with Gasteiger partial charge in [0.25, 0.3) is 5.91 Å². The van der Waals surface area contributed by atoms with Gasteiger partial charge in [0, 0.05) is 25.3 Å². The summed E-state index contributed by atoms with van der Waals surface area (Å²) in [5.41, 5.74) is 3.08. The first-order valence-corrected chi connectivity index (χ1v) is 8.58. The molecule has 4 nitrogen and oxygen atoms in total. The highest BCUT2D eigenvalue weighted by Crippen LogP contribution is 2.25. The number of piperidine rings is 1. The maximum Gasteiger partial charge on any atom is 0.253 e. The van der Waals surface area contributed by atoms with Gasteiger partial charge in [-0.05, 0) is 63.7 Å². The summed E-state index contributed by atoms with van der Waals surface area (Å²) in [6.45, 7) is 7.09. The number of carbonyl (C=O) groups excluding carboxylic acids is 1. The minimum Gasteiger partial charge on any atom is -0.371 e. The third-order valence-corrected chi connectivity index (χ3v) is 4.79. The molecule has 0 radical (unpaired) electrons. The fourth-order valence-electron chi connectivity index (χ4n) is 3.50. The molecule has 1 atom stereocenters. The molecule has 2 saturated heterocycles. The number of benzene rings is 1. The lowest BCUT2D eigenvalue weighted by Crippen LogP contribution is -2.38. The van der Waals surface area contributed by atoms with Gasteiger partial charge in [0.2, 0.25) is 0 Å². The highest BCUT2D eigenvalue weighted by atomic mass is 35.5. The fraction of sp³-hybridized carbons (Fsp3) is 0.611. The third-order valence-electron chi connectivity index (χ3n) is 4.79. The highest BCUT2D eigenvalue weighted by molar-refractivity contribution is 6.00. The van der Waals surface area contributed by atoms with E-state index in [1.807, 2.05) is 6.07 Å². The molecule has 24 heavy (non-hydrogen) atoms. The summed E-state index contributed by atoms with van der Waals surface area (Å²) < 4.78 is 0. The Kier molecular flexibility index (Phi) is 8.88. The van der Waals surface area contributed by atoms with Crippen LogP contribution in [0.5, 0.6) is 0 Å². The molecule has 0 saturated carbocycles. The van der Waals surface area contributed by atoms with Crippen molar-refractivity contribution in [2.75, 3.05) is 37.6 Å². The molecule has 2 aliphatic rings. The molecule has 0 aromatic heterocycles. The zero-order chi connectivity index (χ0) is 15.4. The van der Waals surface area contributed by atoms with Crippen molar-refractivity contribution in [3.63, 3.8) is 0 Å². The van der Waals surface area contributed by atoms with Gasteiger partial charge in [-0.2, -0.15) is 0 Å². The van der Waals surface area contributed by atoms with Crippen LogP contribution >= 0.6 is 24.8 Å². The zero-order valence-corrected chi connectivity index (χ0v) is 16.0. The van der Waals surface area contributed by atoms with Gasteiger partial charge in [-0.15, -0.1) is 24.8 Å². The summed E-state index contributed by atoms with van der Waals surface area (Å²) in [6, 6.07) is 6.25. The Balaban J connectivity index is 0.00000144. The molecule has 2 heterocycles. The summed E-state index contributed by atoms with van der Waals surface area (Å²) >= 11 is 0. The lowest BCUT2D eigenvalue weighted by Gasteiger charge is -2.24. The van der Waals surface area contributed by atoms with Crippen molar-refractivity contribution in [3.8, 4) is 0 Å². The van der Waals surface area contributed by atoms with Gasteiger partial charge in [0.05, 0.1) is 5.56 Å². The van der Waals surface area contributed by atoms with Crippen molar-refractivity contribution >= 4 is 36.4 Å². The second-order valence-electron chi connectivity index (χ2n) is 6.64. The van der Waals surface area contributed by atoms with E-state index in [2.05, 4.69) is 34.6 Å². The van der Waals surface area contributed by atoms with E-state index in [1.165, 1.54) is 25.7 Å². The predicted molar refractivity (Wildman–Crippen MR) is 105 cm³/mol. The van der Waals surface area contributed by atoms with Crippen molar-refractivity contribution in [2.24, 2.45) is 5.92 Å². The van der Waals surface area contributed by atoms with Gasteiger partial charge in [-0.25, -0.2) is 0 Å². The van der Waals surface area contributed by atoms with E-state index >= 15 is 0 Å². The van der Waals surface area contributed by atoms with Gasteiger partial charge in [-0.3, -0.25) is 4.79 Å². The minimum atomic E-state index is 0. The van der Waals surface area contributed by atoms with E-state index in [4.69, 9.17) is 0 Å². The maximum atomic E-state index is 12.7. The van der Waals surface area contributed by atoms with Gasteiger partial charge in [0.1, 0.15) is 0 Å². The van der Waals surface area contributed by atoms with Crippen molar-refractivity contribution in [2.45, 2.75) is 32.6 Å². The number of hydrogen-bond acceptors (Lipinski definition) is 3. The smallest absolute Gasteiger partial charge is 0.253 e. The molecule has 2 N–H and O–H groups in total. The van der Waals surface area contributed by atoms with E-state index in [-0.39, 0.29) is 30.7 Å². The van der Waals surface area contributed by atoms with Crippen LogP contribution in [0.2, 0.25) is 0 Å². The average Bonchev–Trinajstić information content (AvgIpc) is 3.08. The first-order chi connectivity index (χ1) is 10.7. The molecular formula is C18H29Cl2N3O. The van der Waals surface area contributed by atoms with Gasteiger partial charge < -0.3 is 15.5 Å². The van der Waals surface area contributed by atoms with Crippen LogP contribution in [0, 0.1) is 12.8 Å². The fourth-order valence-corrected chi connectivity index (χ4v) is 3.50. The Hall–Kier alpha value is -0.970. The van der Waals surface area contributed by atoms with Crippen LogP contribution in [-0.2, 0) is 0 Å². The van der Waals surface area contributed by atoms with Crippen LogP contribution in [0.3, 0.4) is 0 Å². The lowest BCUT2D eigenvalue weighted by molar-refractivity contribution is 0.0945. The van der Waals surface area contributed by atoms with Gasteiger partial charge >= 0.3 is 0 Å². The standard InChI is InChI=1S/C18H27N3O.2ClH/c1-14-6-7-17(21-9-2-3-10-21)16(11-14)18(22)20-13-15-5-4-8-19-12-15;;/h6-7,11,15,19H,2-5,8-10,12-13H2,1H3,(H,20,22);2*1H. The van der Waals surface area contributed by atoms with Crippen LogP contribution in [-0.4, -0.2) is 38.6 Å². The molecule has 1 aromatic rings. The predicted octanol–water partition coefficient (Wildman–Crippen LogP) is 3.17. The third kappa shape index (κ3) is 5.27. The summed E-state index contributed by atoms with van der Waals surface area (Å²) in [5, 5.41) is 6.56. The number of amides is 1. The number of hydrogen-bond donors (Lipinski definition) is 2. The normalized spacial score (nSPS) is 20.0. The first-order valence-electron chi connectivity index (χ1n) is 8.58. The molecule has 6 heteroatoms. The van der Waals surface area contributed by atoms with E-state index in [0.717, 1.165) is 49.5 Å². The van der Waals surface area contributed by atoms with Crippen LogP contribution in [0.15, 0.2) is 18.2 Å².